The predicted octanol–water partition coefficient (Wildman–Crippen LogP) is 2.95. The molecule has 1 nitrogen and oxygen atoms in total. The maximum Gasteiger partial charge on any atom is 0.130 e. The molecule has 1 aliphatic carbocycles. The van der Waals surface area contributed by atoms with Gasteiger partial charge < -0.3 is 4.74 Å². The van der Waals surface area contributed by atoms with Gasteiger partial charge in [-0.15, -0.1) is 0 Å². The third-order valence-corrected chi connectivity index (χ3v) is 2.33. The summed E-state index contributed by atoms with van der Waals surface area (Å²) in [5.74, 6) is 0.277. The zero-order valence-electron chi connectivity index (χ0n) is 7.42. The largest absolute Gasteiger partial charge is 0.490 e. The molecule has 0 aliphatic heterocycles. The third kappa shape index (κ3) is 2.20. The molecular weight excluding hydrogens is 167 g/mol. The van der Waals surface area contributed by atoms with E-state index in [1.165, 1.54) is 25.0 Å². The number of hydrogen-bond donors (Lipinski definition) is 0. The first-order chi connectivity index (χ1) is 6.34. The number of benzene rings is 1. The van der Waals surface area contributed by atoms with E-state index >= 15 is 0 Å². The molecule has 1 radical (unpaired) electrons. The average molecular weight is 179 g/mol. The number of halogens is 1. The van der Waals surface area contributed by atoms with Crippen LogP contribution in [0.15, 0.2) is 18.2 Å². The molecule has 0 bridgehead atoms. The first-order valence-corrected chi connectivity index (χ1v) is 4.68. The third-order valence-electron chi connectivity index (χ3n) is 2.33. The number of ether oxygens (including phenoxy) is 1. The predicted molar refractivity (Wildman–Crippen MR) is 48.1 cm³/mol. The highest BCUT2D eigenvalue weighted by molar-refractivity contribution is 5.21. The lowest BCUT2D eigenvalue weighted by molar-refractivity contribution is 0.208. The molecule has 1 aliphatic rings. The van der Waals surface area contributed by atoms with E-state index in [-0.39, 0.29) is 11.9 Å². The summed E-state index contributed by atoms with van der Waals surface area (Å²) in [5.41, 5.74) is 0. The summed E-state index contributed by atoms with van der Waals surface area (Å²) >= 11 is 0. The van der Waals surface area contributed by atoms with Crippen LogP contribution < -0.4 is 4.74 Å². The topological polar surface area (TPSA) is 9.23 Å². The van der Waals surface area contributed by atoms with Gasteiger partial charge in [-0.25, -0.2) is 4.39 Å². The molecule has 1 fully saturated rings. The molecule has 0 heterocycles. The molecule has 1 saturated carbocycles. The van der Waals surface area contributed by atoms with Gasteiger partial charge in [-0.1, -0.05) is 0 Å². The fraction of sp³-hybridized carbons (Fsp3) is 0.455. The SMILES string of the molecule is Fc1cc[c]c(OC2CCCC2)c1. The lowest BCUT2D eigenvalue weighted by Gasteiger charge is -2.12. The smallest absolute Gasteiger partial charge is 0.130 e. The molecule has 0 saturated heterocycles. The fourth-order valence-corrected chi connectivity index (χ4v) is 1.67. The molecule has 0 spiro atoms. The zero-order valence-corrected chi connectivity index (χ0v) is 7.42. The second-order valence-corrected chi connectivity index (χ2v) is 3.40. The van der Waals surface area contributed by atoms with E-state index in [1.807, 2.05) is 0 Å². The Kier molecular flexibility index (Phi) is 2.48. The van der Waals surface area contributed by atoms with E-state index in [0.717, 1.165) is 12.8 Å². The van der Waals surface area contributed by atoms with Gasteiger partial charge >= 0.3 is 0 Å². The van der Waals surface area contributed by atoms with Crippen LogP contribution in [0, 0.1) is 11.9 Å². The first kappa shape index (κ1) is 8.54. The second kappa shape index (κ2) is 3.77. The lowest BCUT2D eigenvalue weighted by atomic mass is 10.3. The number of hydrogen-bond acceptors (Lipinski definition) is 1. The summed E-state index contributed by atoms with van der Waals surface area (Å²) in [4.78, 5) is 0. The molecule has 0 aromatic heterocycles. The summed E-state index contributed by atoms with van der Waals surface area (Å²) in [6.07, 6.45) is 4.90. The van der Waals surface area contributed by atoms with Gasteiger partial charge in [-0.2, -0.15) is 0 Å². The van der Waals surface area contributed by atoms with Gasteiger partial charge in [0.2, 0.25) is 0 Å². The maximum absolute atomic E-state index is 12.7. The standard InChI is InChI=1S/C11H12FO/c12-9-4-3-7-11(8-9)13-10-5-1-2-6-10/h3-4,8,10H,1-2,5-6H2. The Hall–Kier alpha value is -1.05. The highest BCUT2D eigenvalue weighted by atomic mass is 19.1. The minimum atomic E-state index is -0.258. The van der Waals surface area contributed by atoms with Crippen molar-refractivity contribution < 1.29 is 9.13 Å². The van der Waals surface area contributed by atoms with Gasteiger partial charge in [-0.05, 0) is 37.8 Å². The molecule has 0 unspecified atom stereocenters. The molecule has 13 heavy (non-hydrogen) atoms. The van der Waals surface area contributed by atoms with Gasteiger partial charge in [0, 0.05) is 12.1 Å². The van der Waals surface area contributed by atoms with Crippen LogP contribution in [0.1, 0.15) is 25.7 Å². The molecule has 2 heteroatoms. The van der Waals surface area contributed by atoms with Crippen LogP contribution in [-0.4, -0.2) is 6.10 Å². The van der Waals surface area contributed by atoms with Gasteiger partial charge in [0.1, 0.15) is 11.6 Å². The van der Waals surface area contributed by atoms with Crippen molar-refractivity contribution in [1.82, 2.24) is 0 Å². The minimum Gasteiger partial charge on any atom is -0.490 e. The van der Waals surface area contributed by atoms with Crippen LogP contribution in [0.3, 0.4) is 0 Å². The molecule has 0 atom stereocenters. The van der Waals surface area contributed by atoms with Crippen LogP contribution in [0.2, 0.25) is 0 Å². The molecule has 2 rings (SSSR count). The van der Waals surface area contributed by atoms with Crippen molar-refractivity contribution in [3.05, 3.63) is 30.1 Å². The summed E-state index contributed by atoms with van der Waals surface area (Å²) in [6, 6.07) is 7.19. The lowest BCUT2D eigenvalue weighted by Crippen LogP contribution is -2.10. The van der Waals surface area contributed by atoms with Crippen molar-refractivity contribution in [2.24, 2.45) is 0 Å². The van der Waals surface area contributed by atoms with E-state index in [9.17, 15) is 4.39 Å². The Bertz CT molecular complexity index is 279. The summed E-state index contributed by atoms with van der Waals surface area (Å²) < 4.78 is 18.3. The van der Waals surface area contributed by atoms with Crippen molar-refractivity contribution in [1.29, 1.82) is 0 Å². The summed E-state index contributed by atoms with van der Waals surface area (Å²) in [7, 11) is 0. The van der Waals surface area contributed by atoms with E-state index in [4.69, 9.17) is 4.74 Å². The van der Waals surface area contributed by atoms with Gasteiger partial charge in [0.05, 0.1) is 6.10 Å². The quantitative estimate of drug-likeness (QED) is 0.678. The van der Waals surface area contributed by atoms with Crippen LogP contribution in [0.25, 0.3) is 0 Å². The Morgan fingerprint density at radius 3 is 2.85 bits per heavy atom. The first-order valence-electron chi connectivity index (χ1n) is 4.68. The van der Waals surface area contributed by atoms with Crippen molar-refractivity contribution in [2.75, 3.05) is 0 Å². The summed E-state index contributed by atoms with van der Waals surface area (Å²) in [5, 5.41) is 0. The highest BCUT2D eigenvalue weighted by Crippen LogP contribution is 2.23. The zero-order chi connectivity index (χ0) is 9.10. The van der Waals surface area contributed by atoms with E-state index < -0.39 is 0 Å². The van der Waals surface area contributed by atoms with E-state index in [1.54, 1.807) is 6.07 Å². The Morgan fingerprint density at radius 2 is 2.15 bits per heavy atom. The number of rotatable bonds is 2. The molecule has 1 aromatic carbocycles. The molecule has 0 N–H and O–H groups in total. The van der Waals surface area contributed by atoms with Crippen LogP contribution in [0.5, 0.6) is 5.75 Å². The average Bonchev–Trinajstić information content (AvgIpc) is 2.57. The molecule has 0 amide bonds. The van der Waals surface area contributed by atoms with Crippen molar-refractivity contribution in [3.8, 4) is 5.75 Å². The maximum atomic E-state index is 12.7. The fourth-order valence-electron chi connectivity index (χ4n) is 1.67. The summed E-state index contributed by atoms with van der Waals surface area (Å²) in [6.45, 7) is 0. The molecule has 1 aromatic rings. The van der Waals surface area contributed by atoms with E-state index in [2.05, 4.69) is 6.07 Å². The van der Waals surface area contributed by atoms with Gasteiger partial charge in [-0.3, -0.25) is 0 Å². The van der Waals surface area contributed by atoms with Crippen LogP contribution in [0.4, 0.5) is 4.39 Å². The highest BCUT2D eigenvalue weighted by Gasteiger charge is 2.16. The monoisotopic (exact) mass is 179 g/mol. The molecule has 69 valence electrons. The Balaban J connectivity index is 2.00. The van der Waals surface area contributed by atoms with E-state index in [0.29, 0.717) is 5.75 Å². The van der Waals surface area contributed by atoms with Crippen molar-refractivity contribution in [3.63, 3.8) is 0 Å². The minimum absolute atomic E-state index is 0.258. The van der Waals surface area contributed by atoms with Crippen molar-refractivity contribution >= 4 is 0 Å². The van der Waals surface area contributed by atoms with Crippen molar-refractivity contribution in [2.45, 2.75) is 31.8 Å². The van der Waals surface area contributed by atoms with Gasteiger partial charge in [0.15, 0.2) is 0 Å². The normalized spacial score (nSPS) is 17.6. The Morgan fingerprint density at radius 1 is 1.38 bits per heavy atom. The van der Waals surface area contributed by atoms with Crippen LogP contribution >= 0.6 is 0 Å². The Labute approximate surface area is 77.5 Å². The second-order valence-electron chi connectivity index (χ2n) is 3.40. The van der Waals surface area contributed by atoms with Crippen LogP contribution in [-0.2, 0) is 0 Å². The molecular formula is C11H12FO. The van der Waals surface area contributed by atoms with Gasteiger partial charge in [0.25, 0.3) is 0 Å².